The van der Waals surface area contributed by atoms with Crippen LogP contribution in [0.3, 0.4) is 0 Å². The molecule has 0 unspecified atom stereocenters. The van der Waals surface area contributed by atoms with Crippen LogP contribution in [0.5, 0.6) is 0 Å². The molecule has 0 atom stereocenters. The highest BCUT2D eigenvalue weighted by Gasteiger charge is 2.13. The summed E-state index contributed by atoms with van der Waals surface area (Å²) in [6.45, 7) is 0. The summed E-state index contributed by atoms with van der Waals surface area (Å²) in [5, 5.41) is 4.21. The molecule has 0 aliphatic heterocycles. The first-order valence-electron chi connectivity index (χ1n) is 5.91. The van der Waals surface area contributed by atoms with Gasteiger partial charge in [-0.25, -0.2) is 9.67 Å². The Morgan fingerprint density at radius 2 is 1.53 bits per heavy atom. The number of nitrogens with zero attached hydrogens (tertiary/aromatic N) is 3. The largest absolute Gasteiger partial charge is 0.285 e. The summed E-state index contributed by atoms with van der Waals surface area (Å²) in [7, 11) is 0. The monoisotopic (exact) mass is 249 g/mol. The first-order valence-corrected chi connectivity index (χ1v) is 5.91. The summed E-state index contributed by atoms with van der Waals surface area (Å²) in [6.07, 6.45) is 1.55. The third-order valence-electron chi connectivity index (χ3n) is 2.75. The van der Waals surface area contributed by atoms with Crippen LogP contribution in [0.15, 0.2) is 67.0 Å². The molecule has 0 spiro atoms. The Morgan fingerprint density at radius 3 is 2.21 bits per heavy atom. The molecule has 92 valence electrons. The van der Waals surface area contributed by atoms with Gasteiger partial charge in [0.1, 0.15) is 6.33 Å². The van der Waals surface area contributed by atoms with Gasteiger partial charge in [0.2, 0.25) is 11.6 Å². The van der Waals surface area contributed by atoms with Crippen molar-refractivity contribution in [1.29, 1.82) is 0 Å². The Labute approximate surface area is 110 Å². The van der Waals surface area contributed by atoms with E-state index in [9.17, 15) is 4.79 Å². The molecule has 0 fully saturated rings. The minimum atomic E-state index is -0.171. The average Bonchev–Trinajstić information content (AvgIpc) is 2.98. The van der Waals surface area contributed by atoms with Gasteiger partial charge in [-0.15, -0.1) is 5.10 Å². The van der Waals surface area contributed by atoms with Gasteiger partial charge in [0.05, 0.1) is 5.69 Å². The third-order valence-corrected chi connectivity index (χ3v) is 2.75. The van der Waals surface area contributed by atoms with E-state index in [4.69, 9.17) is 0 Å². The van der Waals surface area contributed by atoms with Gasteiger partial charge in [0.15, 0.2) is 0 Å². The number of hydrogen-bond donors (Lipinski definition) is 0. The minimum absolute atomic E-state index is 0.171. The zero-order valence-corrected chi connectivity index (χ0v) is 10.1. The van der Waals surface area contributed by atoms with Crippen molar-refractivity contribution in [1.82, 2.24) is 14.8 Å². The smallest absolute Gasteiger partial charge is 0.232 e. The number of aromatic nitrogens is 3. The molecule has 4 nitrogen and oxygen atoms in total. The van der Waals surface area contributed by atoms with E-state index in [2.05, 4.69) is 10.1 Å². The van der Waals surface area contributed by atoms with Crippen molar-refractivity contribution in [2.24, 2.45) is 0 Å². The Bertz CT molecular complexity index is 690. The van der Waals surface area contributed by atoms with E-state index in [0.717, 1.165) is 5.69 Å². The number of carbonyl (C=O) groups excluding carboxylic acids is 1. The lowest BCUT2D eigenvalue weighted by molar-refractivity contribution is 0.102. The number of rotatable bonds is 3. The predicted octanol–water partition coefficient (Wildman–Crippen LogP) is 2.50. The maximum absolute atomic E-state index is 12.2. The van der Waals surface area contributed by atoms with Crippen LogP contribution >= 0.6 is 0 Å². The van der Waals surface area contributed by atoms with E-state index in [1.165, 1.54) is 0 Å². The molecule has 0 amide bonds. The second-order valence-electron chi connectivity index (χ2n) is 4.04. The summed E-state index contributed by atoms with van der Waals surface area (Å²) in [5.41, 5.74) is 1.47. The lowest BCUT2D eigenvalue weighted by Gasteiger charge is -1.98. The Hall–Kier alpha value is -2.75. The summed E-state index contributed by atoms with van der Waals surface area (Å²) in [4.78, 5) is 16.2. The van der Waals surface area contributed by atoms with Crippen LogP contribution in [0.1, 0.15) is 16.2 Å². The van der Waals surface area contributed by atoms with Crippen LogP contribution < -0.4 is 0 Å². The molecule has 1 heterocycles. The van der Waals surface area contributed by atoms with Crippen LogP contribution in [0.4, 0.5) is 0 Å². The number of benzene rings is 2. The van der Waals surface area contributed by atoms with E-state index in [-0.39, 0.29) is 11.6 Å². The molecular formula is C15H11N3O. The highest BCUT2D eigenvalue weighted by molar-refractivity contribution is 6.06. The van der Waals surface area contributed by atoms with Gasteiger partial charge in [-0.05, 0) is 12.1 Å². The highest BCUT2D eigenvalue weighted by Crippen LogP contribution is 2.08. The second kappa shape index (κ2) is 4.86. The lowest BCUT2D eigenvalue weighted by Crippen LogP contribution is -2.05. The molecular weight excluding hydrogens is 238 g/mol. The second-order valence-corrected chi connectivity index (χ2v) is 4.04. The quantitative estimate of drug-likeness (QED) is 0.670. The summed E-state index contributed by atoms with van der Waals surface area (Å²) in [5.74, 6) is 0.0327. The van der Waals surface area contributed by atoms with Gasteiger partial charge < -0.3 is 0 Å². The molecule has 4 heteroatoms. The molecule has 0 bridgehead atoms. The van der Waals surface area contributed by atoms with E-state index in [1.807, 2.05) is 48.5 Å². The molecule has 0 aliphatic rings. The Kier molecular flexibility index (Phi) is 2.90. The van der Waals surface area contributed by atoms with E-state index in [1.54, 1.807) is 23.1 Å². The molecule has 1 aromatic heterocycles. The number of para-hydroxylation sites is 1. The fourth-order valence-electron chi connectivity index (χ4n) is 1.79. The number of hydrogen-bond acceptors (Lipinski definition) is 3. The topological polar surface area (TPSA) is 47.8 Å². The van der Waals surface area contributed by atoms with Crippen molar-refractivity contribution < 1.29 is 4.79 Å². The first-order chi connectivity index (χ1) is 9.34. The SMILES string of the molecule is O=C(c1ccccc1)c1ncn(-c2ccccc2)n1. The van der Waals surface area contributed by atoms with Crippen molar-refractivity contribution in [2.45, 2.75) is 0 Å². The van der Waals surface area contributed by atoms with Crippen LogP contribution in [0.2, 0.25) is 0 Å². The predicted molar refractivity (Wildman–Crippen MR) is 71.2 cm³/mol. The van der Waals surface area contributed by atoms with Crippen LogP contribution in [0, 0.1) is 0 Å². The van der Waals surface area contributed by atoms with Gasteiger partial charge in [0.25, 0.3) is 0 Å². The third kappa shape index (κ3) is 2.28. The van der Waals surface area contributed by atoms with Gasteiger partial charge in [-0.2, -0.15) is 0 Å². The summed E-state index contributed by atoms with van der Waals surface area (Å²) in [6, 6.07) is 18.6. The maximum Gasteiger partial charge on any atom is 0.232 e. The Balaban J connectivity index is 1.92. The first kappa shape index (κ1) is 11.3. The zero-order valence-electron chi connectivity index (χ0n) is 10.1. The summed E-state index contributed by atoms with van der Waals surface area (Å²) >= 11 is 0. The van der Waals surface area contributed by atoms with Crippen molar-refractivity contribution >= 4 is 5.78 Å². The van der Waals surface area contributed by atoms with Gasteiger partial charge in [-0.3, -0.25) is 4.79 Å². The van der Waals surface area contributed by atoms with E-state index in [0.29, 0.717) is 5.56 Å². The molecule has 0 saturated heterocycles. The normalized spacial score (nSPS) is 10.3. The molecule has 0 radical (unpaired) electrons. The number of carbonyl (C=O) groups is 1. The molecule has 0 saturated carbocycles. The van der Waals surface area contributed by atoms with E-state index < -0.39 is 0 Å². The Morgan fingerprint density at radius 1 is 0.895 bits per heavy atom. The zero-order chi connectivity index (χ0) is 13.1. The van der Waals surface area contributed by atoms with E-state index >= 15 is 0 Å². The van der Waals surface area contributed by atoms with Crippen molar-refractivity contribution in [3.05, 3.63) is 78.4 Å². The minimum Gasteiger partial charge on any atom is -0.285 e. The van der Waals surface area contributed by atoms with Gasteiger partial charge in [-0.1, -0.05) is 48.5 Å². The van der Waals surface area contributed by atoms with Crippen LogP contribution in [-0.4, -0.2) is 20.5 Å². The van der Waals surface area contributed by atoms with Gasteiger partial charge >= 0.3 is 0 Å². The highest BCUT2D eigenvalue weighted by atomic mass is 16.1. The van der Waals surface area contributed by atoms with Crippen molar-refractivity contribution in [3.8, 4) is 5.69 Å². The molecule has 0 N–H and O–H groups in total. The van der Waals surface area contributed by atoms with Crippen LogP contribution in [0.25, 0.3) is 5.69 Å². The van der Waals surface area contributed by atoms with Crippen LogP contribution in [-0.2, 0) is 0 Å². The van der Waals surface area contributed by atoms with Crippen molar-refractivity contribution in [3.63, 3.8) is 0 Å². The molecule has 0 aliphatic carbocycles. The molecule has 19 heavy (non-hydrogen) atoms. The molecule has 3 rings (SSSR count). The van der Waals surface area contributed by atoms with Gasteiger partial charge in [0, 0.05) is 5.56 Å². The average molecular weight is 249 g/mol. The molecule has 2 aromatic carbocycles. The fourth-order valence-corrected chi connectivity index (χ4v) is 1.79. The standard InChI is InChI=1S/C15H11N3O/c19-14(12-7-3-1-4-8-12)15-16-11-18(17-15)13-9-5-2-6-10-13/h1-11H. The maximum atomic E-state index is 12.2. The summed E-state index contributed by atoms with van der Waals surface area (Å²) < 4.78 is 1.59. The lowest BCUT2D eigenvalue weighted by atomic mass is 10.1. The molecule has 3 aromatic rings. The number of ketones is 1. The van der Waals surface area contributed by atoms with Crippen molar-refractivity contribution in [2.75, 3.05) is 0 Å². The fraction of sp³-hybridized carbons (Fsp3) is 0.